The molecule has 1 unspecified atom stereocenters. The van der Waals surface area contributed by atoms with Crippen LogP contribution in [-0.2, 0) is 4.79 Å². The number of carbonyl (C=O) groups excluding carboxylic acids is 1. The van der Waals surface area contributed by atoms with E-state index in [9.17, 15) is 9.59 Å². The van der Waals surface area contributed by atoms with Crippen molar-refractivity contribution in [1.82, 2.24) is 9.88 Å². The Morgan fingerprint density at radius 2 is 2.29 bits per heavy atom. The molecular formula is C14H14N2O4S. The van der Waals surface area contributed by atoms with Crippen molar-refractivity contribution in [3.63, 3.8) is 0 Å². The topological polar surface area (TPSA) is 83.6 Å². The summed E-state index contributed by atoms with van der Waals surface area (Å²) >= 11 is 1.35. The number of thiazole rings is 1. The highest BCUT2D eigenvalue weighted by Gasteiger charge is 2.38. The maximum absolute atomic E-state index is 12.2. The molecule has 0 saturated carbocycles. The van der Waals surface area contributed by atoms with Crippen molar-refractivity contribution in [1.29, 1.82) is 0 Å². The first-order valence-corrected chi connectivity index (χ1v) is 7.45. The number of carboxylic acid groups (broad SMARTS) is 1. The summed E-state index contributed by atoms with van der Waals surface area (Å²) in [5, 5.41) is 11.3. The number of rotatable bonds is 4. The molecule has 1 saturated heterocycles. The zero-order valence-corrected chi connectivity index (χ0v) is 12.2. The lowest BCUT2D eigenvalue weighted by atomic mass is 9.87. The lowest BCUT2D eigenvalue weighted by molar-refractivity contribution is -0.144. The highest BCUT2D eigenvalue weighted by atomic mass is 32.1. The fourth-order valence-corrected chi connectivity index (χ4v) is 3.00. The molecule has 3 rings (SSSR count). The van der Waals surface area contributed by atoms with E-state index in [4.69, 9.17) is 9.52 Å². The summed E-state index contributed by atoms with van der Waals surface area (Å²) in [6.07, 6.45) is 1.56. The predicted octanol–water partition coefficient (Wildman–Crippen LogP) is 2.20. The molecule has 2 aromatic rings. The van der Waals surface area contributed by atoms with Crippen molar-refractivity contribution < 1.29 is 19.1 Å². The van der Waals surface area contributed by atoms with Gasteiger partial charge < -0.3 is 14.4 Å². The van der Waals surface area contributed by atoms with Gasteiger partial charge in [0.1, 0.15) is 5.69 Å². The summed E-state index contributed by atoms with van der Waals surface area (Å²) in [4.78, 5) is 29.0. The Bertz CT molecular complexity index is 658. The van der Waals surface area contributed by atoms with Gasteiger partial charge in [0.05, 0.1) is 12.2 Å². The summed E-state index contributed by atoms with van der Waals surface area (Å²) in [7, 11) is 0. The summed E-state index contributed by atoms with van der Waals surface area (Å²) in [5.74, 6) is -0.739. The minimum Gasteiger partial charge on any atom is -0.481 e. The van der Waals surface area contributed by atoms with Crippen LogP contribution in [0.25, 0.3) is 10.8 Å². The summed E-state index contributed by atoms with van der Waals surface area (Å²) in [6, 6.07) is 3.56. The number of hydrogen-bond acceptors (Lipinski definition) is 5. The molecule has 110 valence electrons. The molecule has 0 radical (unpaired) electrons. The number of aliphatic carboxylic acids is 1. The Labute approximate surface area is 125 Å². The van der Waals surface area contributed by atoms with E-state index in [1.807, 2.05) is 0 Å². The van der Waals surface area contributed by atoms with Crippen molar-refractivity contribution in [2.45, 2.75) is 6.92 Å². The average Bonchev–Trinajstić information content (AvgIpc) is 3.07. The van der Waals surface area contributed by atoms with E-state index in [0.29, 0.717) is 29.6 Å². The first kappa shape index (κ1) is 13.8. The van der Waals surface area contributed by atoms with E-state index in [2.05, 4.69) is 4.98 Å². The molecule has 21 heavy (non-hydrogen) atoms. The van der Waals surface area contributed by atoms with Gasteiger partial charge in [-0.15, -0.1) is 11.3 Å². The molecular weight excluding hydrogens is 292 g/mol. The van der Waals surface area contributed by atoms with Crippen LogP contribution in [0.4, 0.5) is 0 Å². The SMILES string of the molecule is CC(C(=O)O)C1CN(C(=O)c2csc(-c3ccco3)n2)C1. The number of amides is 1. The molecule has 3 heterocycles. The van der Waals surface area contributed by atoms with Crippen molar-refractivity contribution in [2.75, 3.05) is 13.1 Å². The van der Waals surface area contributed by atoms with Crippen LogP contribution in [-0.4, -0.2) is 40.0 Å². The number of hydrogen-bond donors (Lipinski definition) is 1. The van der Waals surface area contributed by atoms with E-state index in [1.54, 1.807) is 35.6 Å². The summed E-state index contributed by atoms with van der Waals surface area (Å²) in [5.41, 5.74) is 0.382. The Balaban J connectivity index is 1.64. The van der Waals surface area contributed by atoms with E-state index < -0.39 is 11.9 Å². The second-order valence-electron chi connectivity index (χ2n) is 5.11. The van der Waals surface area contributed by atoms with Crippen LogP contribution < -0.4 is 0 Å². The number of carboxylic acids is 1. The molecule has 1 aliphatic heterocycles. The lowest BCUT2D eigenvalue weighted by Crippen LogP contribution is -2.53. The molecule has 0 aromatic carbocycles. The van der Waals surface area contributed by atoms with Crippen LogP contribution in [0.5, 0.6) is 0 Å². The van der Waals surface area contributed by atoms with Gasteiger partial charge in [-0.3, -0.25) is 9.59 Å². The van der Waals surface area contributed by atoms with Gasteiger partial charge in [0.15, 0.2) is 10.8 Å². The van der Waals surface area contributed by atoms with Crippen LogP contribution in [0.2, 0.25) is 0 Å². The molecule has 7 heteroatoms. The third-order valence-corrected chi connectivity index (χ3v) is 4.61. The van der Waals surface area contributed by atoms with Crippen LogP contribution in [0.1, 0.15) is 17.4 Å². The van der Waals surface area contributed by atoms with E-state index >= 15 is 0 Å². The molecule has 0 bridgehead atoms. The Kier molecular flexibility index (Phi) is 3.50. The zero-order chi connectivity index (χ0) is 15.0. The minimum absolute atomic E-state index is 0.0228. The van der Waals surface area contributed by atoms with Crippen molar-refractivity contribution in [3.05, 3.63) is 29.5 Å². The summed E-state index contributed by atoms with van der Waals surface area (Å²) in [6.45, 7) is 2.62. The van der Waals surface area contributed by atoms with Gasteiger partial charge in [0, 0.05) is 24.4 Å². The fourth-order valence-electron chi connectivity index (χ4n) is 2.24. The van der Waals surface area contributed by atoms with Gasteiger partial charge in [0.2, 0.25) is 0 Å². The van der Waals surface area contributed by atoms with Crippen LogP contribution in [0.15, 0.2) is 28.2 Å². The average molecular weight is 306 g/mol. The third kappa shape index (κ3) is 2.56. The normalized spacial score (nSPS) is 16.5. The quantitative estimate of drug-likeness (QED) is 0.936. The number of nitrogens with zero attached hydrogens (tertiary/aromatic N) is 2. The van der Waals surface area contributed by atoms with E-state index in [-0.39, 0.29) is 11.8 Å². The van der Waals surface area contributed by atoms with E-state index in [0.717, 1.165) is 0 Å². The number of carbonyl (C=O) groups is 2. The molecule has 0 aliphatic carbocycles. The second-order valence-corrected chi connectivity index (χ2v) is 5.97. The van der Waals surface area contributed by atoms with Gasteiger partial charge in [-0.2, -0.15) is 0 Å². The molecule has 1 N–H and O–H groups in total. The lowest BCUT2D eigenvalue weighted by Gasteiger charge is -2.40. The van der Waals surface area contributed by atoms with E-state index in [1.165, 1.54) is 11.3 Å². The largest absolute Gasteiger partial charge is 0.481 e. The monoisotopic (exact) mass is 306 g/mol. The Hall–Kier alpha value is -2.15. The minimum atomic E-state index is -0.819. The second kappa shape index (κ2) is 5.33. The first-order chi connectivity index (χ1) is 10.1. The zero-order valence-electron chi connectivity index (χ0n) is 11.4. The van der Waals surface area contributed by atoms with Crippen molar-refractivity contribution >= 4 is 23.2 Å². The summed E-state index contributed by atoms with van der Waals surface area (Å²) < 4.78 is 5.25. The van der Waals surface area contributed by atoms with Crippen molar-refractivity contribution in [2.24, 2.45) is 11.8 Å². The molecule has 6 nitrogen and oxygen atoms in total. The maximum atomic E-state index is 12.2. The van der Waals surface area contributed by atoms with Gasteiger partial charge in [0.25, 0.3) is 5.91 Å². The maximum Gasteiger partial charge on any atom is 0.306 e. The molecule has 0 spiro atoms. The highest BCUT2D eigenvalue weighted by Crippen LogP contribution is 2.28. The standard InChI is InChI=1S/C14H14N2O4S/c1-8(14(18)19)9-5-16(6-9)13(17)10-7-21-12(15-10)11-3-2-4-20-11/h2-4,7-9H,5-6H2,1H3,(H,18,19). The van der Waals surface area contributed by atoms with Crippen LogP contribution in [0.3, 0.4) is 0 Å². The molecule has 1 atom stereocenters. The molecule has 2 aromatic heterocycles. The molecule has 1 fully saturated rings. The number of likely N-dealkylation sites (tertiary alicyclic amines) is 1. The number of furan rings is 1. The van der Waals surface area contributed by atoms with Crippen LogP contribution >= 0.6 is 11.3 Å². The molecule has 1 aliphatic rings. The Morgan fingerprint density at radius 1 is 1.52 bits per heavy atom. The Morgan fingerprint density at radius 3 is 2.90 bits per heavy atom. The fraction of sp³-hybridized carbons (Fsp3) is 0.357. The first-order valence-electron chi connectivity index (χ1n) is 6.57. The highest BCUT2D eigenvalue weighted by molar-refractivity contribution is 7.13. The van der Waals surface area contributed by atoms with Gasteiger partial charge in [-0.25, -0.2) is 4.98 Å². The smallest absolute Gasteiger partial charge is 0.306 e. The van der Waals surface area contributed by atoms with Gasteiger partial charge >= 0.3 is 5.97 Å². The van der Waals surface area contributed by atoms with Gasteiger partial charge in [-0.1, -0.05) is 6.92 Å². The van der Waals surface area contributed by atoms with Crippen LogP contribution in [0, 0.1) is 11.8 Å². The molecule has 1 amide bonds. The number of aromatic nitrogens is 1. The predicted molar refractivity (Wildman–Crippen MR) is 76.0 cm³/mol. The third-order valence-electron chi connectivity index (χ3n) is 3.75. The van der Waals surface area contributed by atoms with Crippen molar-refractivity contribution in [3.8, 4) is 10.8 Å². The van der Waals surface area contributed by atoms with Gasteiger partial charge in [-0.05, 0) is 12.1 Å².